The van der Waals surface area contributed by atoms with E-state index in [1.807, 2.05) is 0 Å². The zero-order chi connectivity index (χ0) is 13.1. The maximum atomic E-state index is 5.37. The molecule has 1 N–H and O–H groups in total. The first-order valence-electron chi connectivity index (χ1n) is 7.40. The Morgan fingerprint density at radius 2 is 2.11 bits per heavy atom. The third-order valence-electron chi connectivity index (χ3n) is 4.29. The van der Waals surface area contributed by atoms with Crippen LogP contribution in [0.2, 0.25) is 0 Å². The van der Waals surface area contributed by atoms with Crippen LogP contribution in [0.4, 0.5) is 0 Å². The van der Waals surface area contributed by atoms with Gasteiger partial charge in [-0.2, -0.15) is 4.98 Å². The van der Waals surface area contributed by atoms with E-state index in [1.165, 1.54) is 25.7 Å². The van der Waals surface area contributed by atoms with Crippen molar-refractivity contribution in [1.82, 2.24) is 15.5 Å². The Kier molecular flexibility index (Phi) is 4.13. The number of fused-ring (bicyclic) bond motifs is 2. The Morgan fingerprint density at radius 1 is 1.32 bits per heavy atom. The average Bonchev–Trinajstić information content (AvgIpc) is 2.97. The topological polar surface area (TPSA) is 60.2 Å². The SMILES string of the molecule is COCCCc1noc(CC2CC3CCC(C2)N3)n1. The molecule has 5 heteroatoms. The first-order valence-corrected chi connectivity index (χ1v) is 7.40. The van der Waals surface area contributed by atoms with E-state index in [0.29, 0.717) is 5.92 Å². The second-order valence-corrected chi connectivity index (χ2v) is 5.88. The van der Waals surface area contributed by atoms with Crippen LogP contribution in [0.15, 0.2) is 4.52 Å². The van der Waals surface area contributed by atoms with Crippen molar-refractivity contribution < 1.29 is 9.26 Å². The van der Waals surface area contributed by atoms with Crippen molar-refractivity contribution >= 4 is 0 Å². The molecule has 2 fully saturated rings. The fourth-order valence-corrected chi connectivity index (χ4v) is 3.44. The lowest BCUT2D eigenvalue weighted by Crippen LogP contribution is -2.38. The van der Waals surface area contributed by atoms with E-state index in [1.54, 1.807) is 7.11 Å². The standard InChI is InChI=1S/C14H23N3O2/c1-18-6-2-3-13-16-14(19-17-13)9-10-7-11-4-5-12(8-10)15-11/h10-12,15H,2-9H2,1H3. The van der Waals surface area contributed by atoms with Gasteiger partial charge in [-0.3, -0.25) is 0 Å². The van der Waals surface area contributed by atoms with Crippen molar-refractivity contribution in [2.75, 3.05) is 13.7 Å². The number of ether oxygens (including phenoxy) is 1. The molecule has 2 bridgehead atoms. The molecule has 0 aromatic carbocycles. The van der Waals surface area contributed by atoms with Gasteiger partial charge < -0.3 is 14.6 Å². The fraction of sp³-hybridized carbons (Fsp3) is 0.857. The van der Waals surface area contributed by atoms with E-state index in [9.17, 15) is 0 Å². The second-order valence-electron chi connectivity index (χ2n) is 5.88. The summed E-state index contributed by atoms with van der Waals surface area (Å²) in [5.74, 6) is 2.36. The monoisotopic (exact) mass is 265 g/mol. The predicted molar refractivity (Wildman–Crippen MR) is 70.9 cm³/mol. The second kappa shape index (κ2) is 6.01. The highest BCUT2D eigenvalue weighted by Crippen LogP contribution is 2.32. The van der Waals surface area contributed by atoms with Gasteiger partial charge in [0.2, 0.25) is 5.89 Å². The van der Waals surface area contributed by atoms with Gasteiger partial charge in [-0.05, 0) is 38.0 Å². The quantitative estimate of drug-likeness (QED) is 0.794. The van der Waals surface area contributed by atoms with Crippen LogP contribution < -0.4 is 5.32 Å². The molecule has 0 spiro atoms. The van der Waals surface area contributed by atoms with Crippen molar-refractivity contribution in [3.05, 3.63) is 11.7 Å². The number of hydrogen-bond donors (Lipinski definition) is 1. The Hall–Kier alpha value is -0.940. The molecule has 1 aromatic rings. The summed E-state index contributed by atoms with van der Waals surface area (Å²) in [5.41, 5.74) is 0. The molecule has 19 heavy (non-hydrogen) atoms. The van der Waals surface area contributed by atoms with E-state index < -0.39 is 0 Å². The summed E-state index contributed by atoms with van der Waals surface area (Å²) in [6.45, 7) is 0.752. The highest BCUT2D eigenvalue weighted by Gasteiger charge is 2.34. The molecule has 5 nitrogen and oxygen atoms in total. The Balaban J connectivity index is 1.49. The molecule has 2 atom stereocenters. The molecule has 0 radical (unpaired) electrons. The lowest BCUT2D eigenvalue weighted by Gasteiger charge is -2.28. The van der Waals surface area contributed by atoms with E-state index in [0.717, 1.165) is 49.7 Å². The van der Waals surface area contributed by atoms with E-state index in [2.05, 4.69) is 15.5 Å². The summed E-state index contributed by atoms with van der Waals surface area (Å²) < 4.78 is 10.4. The summed E-state index contributed by atoms with van der Waals surface area (Å²) in [5, 5.41) is 7.71. The Morgan fingerprint density at radius 3 is 2.84 bits per heavy atom. The van der Waals surface area contributed by atoms with Gasteiger partial charge in [-0.15, -0.1) is 0 Å². The van der Waals surface area contributed by atoms with E-state index >= 15 is 0 Å². The Bertz CT molecular complexity index is 395. The van der Waals surface area contributed by atoms with Crippen LogP contribution in [0.5, 0.6) is 0 Å². The molecule has 106 valence electrons. The molecule has 0 aliphatic carbocycles. The summed E-state index contributed by atoms with van der Waals surface area (Å²) in [7, 11) is 1.72. The minimum absolute atomic E-state index is 0.714. The molecule has 2 saturated heterocycles. The number of nitrogens with zero attached hydrogens (tertiary/aromatic N) is 2. The van der Waals surface area contributed by atoms with Crippen LogP contribution in [0.25, 0.3) is 0 Å². The minimum atomic E-state index is 0.714. The lowest BCUT2D eigenvalue weighted by atomic mass is 9.90. The maximum absolute atomic E-state index is 5.37. The first-order chi connectivity index (χ1) is 9.33. The smallest absolute Gasteiger partial charge is 0.226 e. The summed E-state index contributed by atoms with van der Waals surface area (Å²) in [6, 6.07) is 1.46. The van der Waals surface area contributed by atoms with Crippen LogP contribution in [0.1, 0.15) is 43.8 Å². The van der Waals surface area contributed by atoms with Gasteiger partial charge in [-0.1, -0.05) is 5.16 Å². The van der Waals surface area contributed by atoms with Crippen LogP contribution in [-0.4, -0.2) is 35.9 Å². The summed E-state index contributed by atoms with van der Waals surface area (Å²) in [4.78, 5) is 4.49. The number of hydrogen-bond acceptors (Lipinski definition) is 5. The van der Waals surface area contributed by atoms with Crippen molar-refractivity contribution in [3.8, 4) is 0 Å². The average molecular weight is 265 g/mol. The van der Waals surface area contributed by atoms with Crippen LogP contribution in [0, 0.1) is 5.92 Å². The third-order valence-corrected chi connectivity index (χ3v) is 4.29. The van der Waals surface area contributed by atoms with Crippen molar-refractivity contribution in [2.24, 2.45) is 5.92 Å². The molecular weight excluding hydrogens is 242 g/mol. The first kappa shape index (κ1) is 13.1. The van der Waals surface area contributed by atoms with Crippen LogP contribution in [-0.2, 0) is 17.6 Å². The lowest BCUT2D eigenvalue weighted by molar-refractivity contribution is 0.194. The van der Waals surface area contributed by atoms with Gasteiger partial charge in [0.15, 0.2) is 5.82 Å². The number of piperidine rings is 1. The largest absolute Gasteiger partial charge is 0.385 e. The van der Waals surface area contributed by atoms with Gasteiger partial charge in [0.25, 0.3) is 0 Å². The molecular formula is C14H23N3O2. The number of nitrogens with one attached hydrogen (secondary N) is 1. The van der Waals surface area contributed by atoms with E-state index in [-0.39, 0.29) is 0 Å². The predicted octanol–water partition coefficient (Wildman–Crippen LogP) is 1.72. The molecule has 3 heterocycles. The zero-order valence-electron chi connectivity index (χ0n) is 11.6. The fourth-order valence-electron chi connectivity index (χ4n) is 3.44. The zero-order valence-corrected chi connectivity index (χ0v) is 11.6. The van der Waals surface area contributed by atoms with Crippen LogP contribution in [0.3, 0.4) is 0 Å². The molecule has 2 aliphatic heterocycles. The summed E-state index contributed by atoms with van der Waals surface area (Å²) in [6.07, 6.45) is 7.95. The van der Waals surface area contributed by atoms with Crippen molar-refractivity contribution in [2.45, 2.75) is 57.0 Å². The van der Waals surface area contributed by atoms with Gasteiger partial charge in [0.1, 0.15) is 0 Å². The molecule has 0 amide bonds. The highest BCUT2D eigenvalue weighted by atomic mass is 16.5. The molecule has 2 aliphatic rings. The maximum Gasteiger partial charge on any atom is 0.226 e. The van der Waals surface area contributed by atoms with Crippen molar-refractivity contribution in [3.63, 3.8) is 0 Å². The van der Waals surface area contributed by atoms with Crippen molar-refractivity contribution in [1.29, 1.82) is 0 Å². The molecule has 1 aromatic heterocycles. The number of methoxy groups -OCH3 is 1. The van der Waals surface area contributed by atoms with Gasteiger partial charge >= 0.3 is 0 Å². The Labute approximate surface area is 114 Å². The molecule has 3 rings (SSSR count). The van der Waals surface area contributed by atoms with Gasteiger partial charge in [0.05, 0.1) is 0 Å². The molecule has 0 saturated carbocycles. The van der Waals surface area contributed by atoms with Crippen LogP contribution >= 0.6 is 0 Å². The van der Waals surface area contributed by atoms with Gasteiger partial charge in [0, 0.05) is 38.6 Å². The number of rotatable bonds is 6. The summed E-state index contributed by atoms with van der Waals surface area (Å²) >= 11 is 0. The molecule has 2 unspecified atom stereocenters. The highest BCUT2D eigenvalue weighted by molar-refractivity contribution is 4.96. The van der Waals surface area contributed by atoms with Gasteiger partial charge in [-0.25, -0.2) is 0 Å². The van der Waals surface area contributed by atoms with E-state index in [4.69, 9.17) is 9.26 Å². The normalized spacial score (nSPS) is 29.8. The minimum Gasteiger partial charge on any atom is -0.385 e. The number of aryl methyl sites for hydroxylation is 1. The number of aromatic nitrogens is 2. The third kappa shape index (κ3) is 3.34.